The normalized spacial score (nSPS) is 46.3. The van der Waals surface area contributed by atoms with Crippen molar-refractivity contribution < 1.29 is 5.11 Å². The molecule has 1 unspecified atom stereocenters. The molecule has 0 spiro atoms. The van der Waals surface area contributed by atoms with Crippen molar-refractivity contribution in [1.29, 1.82) is 0 Å². The molecule has 1 saturated carbocycles. The predicted octanol–water partition coefficient (Wildman–Crippen LogP) is 1.17. The Morgan fingerprint density at radius 2 is 1.43 bits per heavy atom. The van der Waals surface area contributed by atoms with E-state index >= 15 is 0 Å². The number of rotatable bonds is 0. The summed E-state index contributed by atoms with van der Waals surface area (Å²) in [6.45, 7) is 6.03. The largest absolute Gasteiger partial charge is 0.390 e. The molecule has 42 valence electrons. The van der Waals surface area contributed by atoms with Crippen LogP contribution in [0, 0.1) is 5.41 Å². The summed E-state index contributed by atoms with van der Waals surface area (Å²) < 4.78 is 0. The zero-order chi connectivity index (χ0) is 5.71. The molecule has 0 aliphatic heterocycles. The summed E-state index contributed by atoms with van der Waals surface area (Å²) in [5.41, 5.74) is -0.153. The van der Waals surface area contributed by atoms with Crippen LogP contribution in [-0.2, 0) is 0 Å². The quantitative estimate of drug-likeness (QED) is 0.484. The molecule has 1 aliphatic rings. The lowest BCUT2D eigenvalue weighted by Crippen LogP contribution is -2.08. The molecule has 0 amide bonds. The maximum absolute atomic E-state index is 9.16. The van der Waals surface area contributed by atoms with E-state index in [0.717, 1.165) is 6.42 Å². The average molecular weight is 100 g/mol. The van der Waals surface area contributed by atoms with Gasteiger partial charge in [-0.15, -0.1) is 0 Å². The Bertz CT molecular complexity index is 80.4. The van der Waals surface area contributed by atoms with Crippen LogP contribution >= 0.6 is 0 Å². The van der Waals surface area contributed by atoms with E-state index in [1.54, 1.807) is 0 Å². The lowest BCUT2D eigenvalue weighted by molar-refractivity contribution is 0.129. The first-order valence-corrected chi connectivity index (χ1v) is 2.68. The van der Waals surface area contributed by atoms with Crippen LogP contribution in [0.15, 0.2) is 0 Å². The first-order valence-electron chi connectivity index (χ1n) is 2.68. The summed E-state index contributed by atoms with van der Waals surface area (Å²) in [7, 11) is 0. The van der Waals surface area contributed by atoms with Gasteiger partial charge in [0, 0.05) is 0 Å². The van der Waals surface area contributed by atoms with E-state index in [1.807, 2.05) is 6.92 Å². The Hall–Kier alpha value is -0.0400. The minimum absolute atomic E-state index is 0.201. The van der Waals surface area contributed by atoms with E-state index < -0.39 is 0 Å². The van der Waals surface area contributed by atoms with Crippen LogP contribution < -0.4 is 0 Å². The topological polar surface area (TPSA) is 20.2 Å². The summed E-state index contributed by atoms with van der Waals surface area (Å²) >= 11 is 0. The minimum atomic E-state index is -0.354. The van der Waals surface area contributed by atoms with Crippen LogP contribution in [0.3, 0.4) is 0 Å². The first kappa shape index (κ1) is 5.10. The van der Waals surface area contributed by atoms with Crippen molar-refractivity contribution in [1.82, 2.24) is 0 Å². The van der Waals surface area contributed by atoms with E-state index in [0.29, 0.717) is 0 Å². The number of hydrogen-bond donors (Lipinski definition) is 1. The summed E-state index contributed by atoms with van der Waals surface area (Å²) in [5, 5.41) is 9.16. The van der Waals surface area contributed by atoms with E-state index in [2.05, 4.69) is 13.8 Å². The van der Waals surface area contributed by atoms with Gasteiger partial charge >= 0.3 is 0 Å². The van der Waals surface area contributed by atoms with E-state index in [4.69, 9.17) is 5.11 Å². The van der Waals surface area contributed by atoms with Crippen LogP contribution in [-0.4, -0.2) is 10.7 Å². The average Bonchev–Trinajstić information content (AvgIpc) is 1.63. The summed E-state index contributed by atoms with van der Waals surface area (Å²) in [6.07, 6.45) is 0.958. The van der Waals surface area contributed by atoms with E-state index in [9.17, 15) is 0 Å². The Morgan fingerprint density at radius 1 is 1.29 bits per heavy atom. The summed E-state index contributed by atoms with van der Waals surface area (Å²) in [6, 6.07) is 0. The second-order valence-electron chi connectivity index (χ2n) is 3.33. The Morgan fingerprint density at radius 3 is 1.43 bits per heavy atom. The third-order valence-corrected chi connectivity index (χ3v) is 2.12. The smallest absolute Gasteiger partial charge is 0.0677 e. The molecule has 1 atom stereocenters. The minimum Gasteiger partial charge on any atom is -0.390 e. The third kappa shape index (κ3) is 0.556. The van der Waals surface area contributed by atoms with Gasteiger partial charge in [0.15, 0.2) is 0 Å². The number of hydrogen-bond acceptors (Lipinski definition) is 1. The summed E-state index contributed by atoms with van der Waals surface area (Å²) in [5.74, 6) is 0. The predicted molar refractivity (Wildman–Crippen MR) is 29.0 cm³/mol. The van der Waals surface area contributed by atoms with Crippen molar-refractivity contribution in [2.75, 3.05) is 0 Å². The van der Waals surface area contributed by atoms with Crippen molar-refractivity contribution in [3.05, 3.63) is 0 Å². The molecule has 0 radical (unpaired) electrons. The van der Waals surface area contributed by atoms with Crippen LogP contribution in [0.4, 0.5) is 0 Å². The van der Waals surface area contributed by atoms with Crippen molar-refractivity contribution in [3.63, 3.8) is 0 Å². The number of aliphatic hydroxyl groups is 1. The van der Waals surface area contributed by atoms with Crippen LogP contribution in [0.1, 0.15) is 27.2 Å². The van der Waals surface area contributed by atoms with Gasteiger partial charge in [-0.1, -0.05) is 13.8 Å². The monoisotopic (exact) mass is 100 g/mol. The van der Waals surface area contributed by atoms with E-state index in [1.165, 1.54) is 0 Å². The highest BCUT2D eigenvalue weighted by atomic mass is 16.3. The molecular formula is C6H12O. The summed E-state index contributed by atoms with van der Waals surface area (Å²) in [4.78, 5) is 0. The first-order chi connectivity index (χ1) is 2.96. The van der Waals surface area contributed by atoms with Crippen molar-refractivity contribution in [2.45, 2.75) is 32.8 Å². The molecule has 1 N–H and O–H groups in total. The third-order valence-electron chi connectivity index (χ3n) is 2.12. The van der Waals surface area contributed by atoms with Crippen LogP contribution in [0.2, 0.25) is 0 Å². The molecule has 1 heteroatoms. The van der Waals surface area contributed by atoms with E-state index in [-0.39, 0.29) is 11.0 Å². The van der Waals surface area contributed by atoms with Crippen molar-refractivity contribution in [3.8, 4) is 0 Å². The second-order valence-corrected chi connectivity index (χ2v) is 3.33. The standard InChI is InChI=1S/C6H12O/c1-5(2)4-6(5,3)7/h7H,4H2,1-3H3. The Kier molecular flexibility index (Phi) is 0.636. The molecule has 0 aromatic heterocycles. The van der Waals surface area contributed by atoms with Gasteiger partial charge in [-0.25, -0.2) is 0 Å². The van der Waals surface area contributed by atoms with Gasteiger partial charge in [-0.05, 0) is 18.8 Å². The lowest BCUT2D eigenvalue weighted by Gasteiger charge is -2.03. The van der Waals surface area contributed by atoms with Gasteiger partial charge in [0.2, 0.25) is 0 Å². The zero-order valence-electron chi connectivity index (χ0n) is 5.15. The maximum Gasteiger partial charge on any atom is 0.0677 e. The molecule has 0 saturated heterocycles. The molecule has 7 heavy (non-hydrogen) atoms. The molecule has 0 aromatic carbocycles. The van der Waals surface area contributed by atoms with Crippen molar-refractivity contribution >= 4 is 0 Å². The van der Waals surface area contributed by atoms with Crippen LogP contribution in [0.5, 0.6) is 0 Å². The van der Waals surface area contributed by atoms with Gasteiger partial charge in [0.05, 0.1) is 5.60 Å². The molecule has 1 fully saturated rings. The lowest BCUT2D eigenvalue weighted by atomic mass is 10.1. The van der Waals surface area contributed by atoms with Crippen molar-refractivity contribution in [2.24, 2.45) is 5.41 Å². The fourth-order valence-corrected chi connectivity index (χ4v) is 0.816. The second kappa shape index (κ2) is 0.873. The van der Waals surface area contributed by atoms with Gasteiger partial charge < -0.3 is 5.11 Å². The highest BCUT2D eigenvalue weighted by Crippen LogP contribution is 2.54. The molecule has 1 rings (SSSR count). The molecule has 0 bridgehead atoms. The highest BCUT2D eigenvalue weighted by molar-refractivity contribution is 5.07. The van der Waals surface area contributed by atoms with Gasteiger partial charge in [0.25, 0.3) is 0 Å². The van der Waals surface area contributed by atoms with Crippen LogP contribution in [0.25, 0.3) is 0 Å². The fraction of sp³-hybridized carbons (Fsp3) is 1.00. The molecular weight excluding hydrogens is 88.1 g/mol. The van der Waals surface area contributed by atoms with Gasteiger partial charge in [0.1, 0.15) is 0 Å². The molecule has 1 nitrogen and oxygen atoms in total. The zero-order valence-corrected chi connectivity index (χ0v) is 5.15. The van der Waals surface area contributed by atoms with Gasteiger partial charge in [-0.3, -0.25) is 0 Å². The highest BCUT2D eigenvalue weighted by Gasteiger charge is 2.56. The molecule has 0 heterocycles. The molecule has 0 aromatic rings. The Balaban J connectivity index is 2.59. The molecule has 1 aliphatic carbocycles. The Labute approximate surface area is 44.4 Å². The van der Waals surface area contributed by atoms with Gasteiger partial charge in [-0.2, -0.15) is 0 Å². The maximum atomic E-state index is 9.16. The SMILES string of the molecule is CC1(C)CC1(C)O. The fourth-order valence-electron chi connectivity index (χ4n) is 0.816.